The minimum Gasteiger partial charge on any atom is -0.479 e. The van der Waals surface area contributed by atoms with E-state index in [2.05, 4.69) is 10.5 Å². The summed E-state index contributed by atoms with van der Waals surface area (Å²) < 4.78 is 38.0. The summed E-state index contributed by atoms with van der Waals surface area (Å²) in [5, 5.41) is 6.41. The average molecular weight is 393 g/mol. The second-order valence-corrected chi connectivity index (χ2v) is 7.86. The van der Waals surface area contributed by atoms with Crippen LogP contribution in [0.2, 0.25) is 0 Å². The molecule has 0 aliphatic carbocycles. The van der Waals surface area contributed by atoms with Crippen molar-refractivity contribution in [1.29, 1.82) is 0 Å². The van der Waals surface area contributed by atoms with Crippen molar-refractivity contribution in [3.05, 3.63) is 34.7 Å². The minimum absolute atomic E-state index is 0.105. The molecule has 3 rings (SSSR count). The van der Waals surface area contributed by atoms with Crippen LogP contribution in [0.5, 0.6) is 5.75 Å². The first-order chi connectivity index (χ1) is 12.6. The molecule has 1 atom stereocenters. The van der Waals surface area contributed by atoms with E-state index in [0.717, 1.165) is 0 Å². The van der Waals surface area contributed by atoms with Crippen LogP contribution >= 0.6 is 0 Å². The maximum Gasteiger partial charge on any atom is 0.270 e. The zero-order chi connectivity index (χ0) is 19.9. The molecule has 144 valence electrons. The van der Waals surface area contributed by atoms with Crippen LogP contribution in [0.25, 0.3) is 0 Å². The maximum absolute atomic E-state index is 12.8. The van der Waals surface area contributed by atoms with Crippen LogP contribution in [0, 0.1) is 13.8 Å². The van der Waals surface area contributed by atoms with Crippen LogP contribution in [0.1, 0.15) is 41.2 Å². The van der Waals surface area contributed by atoms with Crippen molar-refractivity contribution < 1.29 is 27.3 Å². The molecule has 1 aliphatic heterocycles. The first-order valence-corrected chi connectivity index (χ1v) is 9.76. The number of ether oxygens (including phenoxy) is 1. The number of aromatic nitrogens is 1. The average Bonchev–Trinajstić information content (AvgIpc) is 2.96. The first kappa shape index (κ1) is 18.9. The Labute approximate surface area is 156 Å². The number of hydrogen-bond acceptors (Lipinski definition) is 7. The van der Waals surface area contributed by atoms with Gasteiger partial charge in [0.15, 0.2) is 6.10 Å². The first-order valence-electron chi connectivity index (χ1n) is 8.28. The van der Waals surface area contributed by atoms with Gasteiger partial charge in [-0.25, -0.2) is 13.1 Å². The van der Waals surface area contributed by atoms with Crippen molar-refractivity contribution in [3.8, 4) is 5.75 Å². The molecule has 0 radical (unpaired) electrons. The van der Waals surface area contributed by atoms with Gasteiger partial charge in [0.1, 0.15) is 17.1 Å². The Morgan fingerprint density at radius 2 is 2.04 bits per heavy atom. The summed E-state index contributed by atoms with van der Waals surface area (Å²) >= 11 is 0. The van der Waals surface area contributed by atoms with Gasteiger partial charge in [-0.05, 0) is 38.8 Å². The smallest absolute Gasteiger partial charge is 0.270 e. The van der Waals surface area contributed by atoms with Crippen molar-refractivity contribution in [3.63, 3.8) is 0 Å². The van der Waals surface area contributed by atoms with E-state index in [1.54, 1.807) is 20.8 Å². The quantitative estimate of drug-likeness (QED) is 0.809. The number of amides is 2. The van der Waals surface area contributed by atoms with E-state index < -0.39 is 22.0 Å². The molecule has 2 aromatic rings. The van der Waals surface area contributed by atoms with E-state index in [-0.39, 0.29) is 27.9 Å². The van der Waals surface area contributed by atoms with Crippen LogP contribution in [0.4, 0.5) is 5.69 Å². The fourth-order valence-corrected chi connectivity index (χ4v) is 4.01. The lowest BCUT2D eigenvalue weighted by molar-refractivity contribution is -0.122. The number of fused-ring (bicyclic) bond motifs is 1. The van der Waals surface area contributed by atoms with Gasteiger partial charge in [-0.1, -0.05) is 12.1 Å². The molecule has 0 unspecified atom stereocenters. The molecule has 0 spiro atoms. The number of hydrogen-bond donors (Lipinski definition) is 2. The van der Waals surface area contributed by atoms with E-state index in [1.807, 2.05) is 4.72 Å². The van der Waals surface area contributed by atoms with Gasteiger partial charge in [0.05, 0.1) is 16.3 Å². The van der Waals surface area contributed by atoms with Gasteiger partial charge in [-0.15, -0.1) is 0 Å². The SMILES string of the molecule is CCc1noc(C)c1C(=O)NS(=O)(=O)c1cc2c(cc1C)NC(=O)[C@H](C)O2. The van der Waals surface area contributed by atoms with Crippen molar-refractivity contribution in [2.75, 3.05) is 5.32 Å². The molecular formula is C17H19N3O6S. The highest BCUT2D eigenvalue weighted by atomic mass is 32.2. The zero-order valence-corrected chi connectivity index (χ0v) is 16.1. The number of carbonyl (C=O) groups excluding carboxylic acids is 2. The lowest BCUT2D eigenvalue weighted by Gasteiger charge is -2.24. The summed E-state index contributed by atoms with van der Waals surface area (Å²) in [6.07, 6.45) is -0.333. The fourth-order valence-electron chi connectivity index (χ4n) is 2.81. The van der Waals surface area contributed by atoms with Crippen molar-refractivity contribution >= 4 is 27.5 Å². The highest BCUT2D eigenvalue weighted by Crippen LogP contribution is 2.34. The Balaban J connectivity index is 1.96. The van der Waals surface area contributed by atoms with Gasteiger partial charge < -0.3 is 14.6 Å². The number of nitrogens with one attached hydrogen (secondary N) is 2. The molecule has 2 N–H and O–H groups in total. The predicted octanol–water partition coefficient (Wildman–Crippen LogP) is 1.69. The largest absolute Gasteiger partial charge is 0.479 e. The lowest BCUT2D eigenvalue weighted by Crippen LogP contribution is -2.35. The van der Waals surface area contributed by atoms with Gasteiger partial charge in [0.2, 0.25) is 0 Å². The van der Waals surface area contributed by atoms with Gasteiger partial charge >= 0.3 is 0 Å². The highest BCUT2D eigenvalue weighted by Gasteiger charge is 2.29. The predicted molar refractivity (Wildman–Crippen MR) is 95.2 cm³/mol. The van der Waals surface area contributed by atoms with Crippen molar-refractivity contribution in [2.45, 2.75) is 45.1 Å². The molecule has 1 aliphatic rings. The van der Waals surface area contributed by atoms with Gasteiger partial charge in [-0.2, -0.15) is 0 Å². The molecule has 0 saturated carbocycles. The summed E-state index contributed by atoms with van der Waals surface area (Å²) in [5.41, 5.74) is 1.21. The topological polar surface area (TPSA) is 128 Å². The van der Waals surface area contributed by atoms with Crippen molar-refractivity contribution in [2.24, 2.45) is 0 Å². The third kappa shape index (κ3) is 3.39. The molecule has 2 amide bonds. The molecule has 2 heterocycles. The summed E-state index contributed by atoms with van der Waals surface area (Å²) in [6.45, 7) is 6.43. The summed E-state index contributed by atoms with van der Waals surface area (Å²) in [6, 6.07) is 2.78. The summed E-state index contributed by atoms with van der Waals surface area (Å²) in [7, 11) is -4.18. The Kier molecular flexibility index (Phi) is 4.68. The van der Waals surface area contributed by atoms with Crippen LogP contribution in [0.3, 0.4) is 0 Å². The van der Waals surface area contributed by atoms with Gasteiger partial charge in [-0.3, -0.25) is 9.59 Å². The zero-order valence-electron chi connectivity index (χ0n) is 15.2. The third-order valence-electron chi connectivity index (χ3n) is 4.22. The number of benzene rings is 1. The van der Waals surface area contributed by atoms with E-state index in [1.165, 1.54) is 19.1 Å². The highest BCUT2D eigenvalue weighted by molar-refractivity contribution is 7.90. The molecule has 0 saturated heterocycles. The third-order valence-corrected chi connectivity index (χ3v) is 5.69. The number of sulfonamides is 1. The minimum atomic E-state index is -4.18. The maximum atomic E-state index is 12.8. The number of rotatable bonds is 4. The molecule has 1 aromatic carbocycles. The molecule has 27 heavy (non-hydrogen) atoms. The lowest BCUT2D eigenvalue weighted by atomic mass is 10.1. The van der Waals surface area contributed by atoms with Crippen molar-refractivity contribution in [1.82, 2.24) is 9.88 Å². The summed E-state index contributed by atoms with van der Waals surface area (Å²) in [4.78, 5) is 24.1. The Morgan fingerprint density at radius 1 is 1.33 bits per heavy atom. The number of carbonyl (C=O) groups is 2. The van der Waals surface area contributed by atoms with Crippen LogP contribution in [0.15, 0.2) is 21.6 Å². The van der Waals surface area contributed by atoms with Gasteiger partial charge in [0.25, 0.3) is 21.8 Å². The van der Waals surface area contributed by atoms with Crippen LogP contribution in [-0.4, -0.2) is 31.5 Å². The van der Waals surface area contributed by atoms with E-state index in [4.69, 9.17) is 9.26 Å². The second kappa shape index (κ2) is 6.69. The second-order valence-electron chi connectivity index (χ2n) is 6.21. The van der Waals surface area contributed by atoms with Crippen LogP contribution < -0.4 is 14.8 Å². The van der Waals surface area contributed by atoms with E-state index in [9.17, 15) is 18.0 Å². The Hall–Kier alpha value is -2.88. The van der Waals surface area contributed by atoms with Gasteiger partial charge in [0, 0.05) is 6.07 Å². The number of anilines is 1. The summed E-state index contributed by atoms with van der Waals surface area (Å²) in [5.74, 6) is -0.677. The Bertz CT molecular complexity index is 1040. The normalized spacial score (nSPS) is 16.3. The molecule has 1 aromatic heterocycles. The van der Waals surface area contributed by atoms with Crippen LogP contribution in [-0.2, 0) is 21.2 Å². The molecule has 0 fully saturated rings. The molecule has 9 nitrogen and oxygen atoms in total. The molecular weight excluding hydrogens is 374 g/mol. The Morgan fingerprint density at radius 3 is 2.70 bits per heavy atom. The standard InChI is InChI=1S/C17H19N3O6S/c1-5-11-15(9(3)26-19-11)17(22)20-27(23,24)14-7-13-12(6-8(14)2)18-16(21)10(4)25-13/h6-7,10H,5H2,1-4H3,(H,18,21)(H,20,22)/t10-/m0/s1. The number of aryl methyl sites for hydroxylation is 3. The monoisotopic (exact) mass is 393 g/mol. The molecule has 10 heteroatoms. The van der Waals surface area contributed by atoms with E-state index in [0.29, 0.717) is 23.4 Å². The number of nitrogens with zero attached hydrogens (tertiary/aromatic N) is 1. The molecule has 0 bridgehead atoms. The van der Waals surface area contributed by atoms with E-state index >= 15 is 0 Å². The fraction of sp³-hybridized carbons (Fsp3) is 0.353.